The van der Waals surface area contributed by atoms with Crippen molar-refractivity contribution in [2.75, 3.05) is 34.5 Å². The van der Waals surface area contributed by atoms with Crippen LogP contribution in [0.3, 0.4) is 0 Å². The molecule has 6 aromatic rings. The fourth-order valence-corrected chi connectivity index (χ4v) is 6.21. The van der Waals surface area contributed by atoms with E-state index in [4.69, 9.17) is 9.47 Å². The summed E-state index contributed by atoms with van der Waals surface area (Å²) >= 11 is 0. The number of ether oxygens (including phenoxy) is 2. The molecule has 0 saturated carbocycles. The molecule has 0 fully saturated rings. The first-order valence-electron chi connectivity index (χ1n) is 18.9. The average molecular weight is 719 g/mol. The van der Waals surface area contributed by atoms with Gasteiger partial charge in [-0.1, -0.05) is 36.4 Å². The largest absolute Gasteiger partial charge is 0.491 e. The van der Waals surface area contributed by atoms with Gasteiger partial charge in [-0.2, -0.15) is 0 Å². The molecule has 54 heavy (non-hydrogen) atoms. The number of unbranched alkanes of at least 4 members (excludes halogenated alkanes) is 1. The number of aryl methyl sites for hydroxylation is 8. The van der Waals surface area contributed by atoms with E-state index in [2.05, 4.69) is 162 Å². The lowest BCUT2D eigenvalue weighted by Crippen LogP contribution is -2.07. The van der Waals surface area contributed by atoms with Crippen molar-refractivity contribution >= 4 is 45.5 Å². The average Bonchev–Trinajstić information content (AvgIpc) is 3.14. The van der Waals surface area contributed by atoms with E-state index in [-0.39, 0.29) is 0 Å². The summed E-state index contributed by atoms with van der Waals surface area (Å²) in [6, 6.07) is 38.1. The van der Waals surface area contributed by atoms with Crippen molar-refractivity contribution in [3.05, 3.63) is 154 Å². The van der Waals surface area contributed by atoms with Gasteiger partial charge in [0.2, 0.25) is 0 Å². The second-order valence-corrected chi connectivity index (χ2v) is 14.5. The molecule has 0 radical (unpaired) electrons. The lowest BCUT2D eigenvalue weighted by Gasteiger charge is -2.20. The summed E-state index contributed by atoms with van der Waals surface area (Å²) in [5.74, 6) is 1.60. The normalized spacial score (nSPS) is 10.9. The summed E-state index contributed by atoms with van der Waals surface area (Å²) in [6.07, 6.45) is 1.66. The van der Waals surface area contributed by atoms with Crippen molar-refractivity contribution in [1.82, 2.24) is 0 Å². The van der Waals surface area contributed by atoms with Crippen molar-refractivity contribution in [3.8, 4) is 11.5 Å². The number of hydrogen-bond donors (Lipinski definition) is 4. The molecule has 0 bridgehead atoms. The molecular weight excluding hydrogens is 665 g/mol. The second-order valence-electron chi connectivity index (χ2n) is 14.5. The van der Waals surface area contributed by atoms with Crippen LogP contribution in [-0.2, 0) is 0 Å². The lowest BCUT2D eigenvalue weighted by atomic mass is 10.1. The number of nitrogens with one attached hydrogen (secondary N) is 4. The van der Waals surface area contributed by atoms with Gasteiger partial charge in [0, 0.05) is 22.7 Å². The third-order valence-corrected chi connectivity index (χ3v) is 10.2. The van der Waals surface area contributed by atoms with E-state index in [1.807, 2.05) is 24.3 Å². The van der Waals surface area contributed by atoms with Crippen molar-refractivity contribution in [2.24, 2.45) is 0 Å². The summed E-state index contributed by atoms with van der Waals surface area (Å²) in [5.41, 5.74) is 17.9. The quantitative estimate of drug-likeness (QED) is 0.0793. The Hall–Kier alpha value is -5.88. The Morgan fingerprint density at radius 3 is 0.981 bits per heavy atom. The Morgan fingerprint density at radius 2 is 0.667 bits per heavy atom. The molecule has 0 aliphatic rings. The molecule has 0 spiro atoms. The van der Waals surface area contributed by atoms with Crippen LogP contribution >= 0.6 is 0 Å². The fourth-order valence-electron chi connectivity index (χ4n) is 6.21. The van der Waals surface area contributed by atoms with E-state index < -0.39 is 0 Å². The summed E-state index contributed by atoms with van der Waals surface area (Å²) in [5, 5.41) is 14.6. The molecule has 6 rings (SSSR count). The highest BCUT2D eigenvalue weighted by Crippen LogP contribution is 2.39. The van der Waals surface area contributed by atoms with Gasteiger partial charge in [-0.25, -0.2) is 0 Å². The molecule has 0 amide bonds. The van der Waals surface area contributed by atoms with E-state index >= 15 is 0 Å². The van der Waals surface area contributed by atoms with Gasteiger partial charge in [-0.05, 0) is 186 Å². The number of rotatable bonds is 15. The molecule has 0 saturated heterocycles. The Kier molecular flexibility index (Phi) is 12.1. The van der Waals surface area contributed by atoms with Crippen LogP contribution in [0, 0.1) is 55.4 Å². The first-order chi connectivity index (χ1) is 26.0. The third-order valence-electron chi connectivity index (χ3n) is 10.2. The van der Waals surface area contributed by atoms with Crippen LogP contribution in [0.4, 0.5) is 45.5 Å². The van der Waals surface area contributed by atoms with Gasteiger partial charge >= 0.3 is 0 Å². The second kappa shape index (κ2) is 17.3. The maximum Gasteiger partial charge on any atom is 0.144 e. The maximum atomic E-state index is 6.48. The fraction of sp³-hybridized carbons (Fsp3) is 0.250. The highest BCUT2D eigenvalue weighted by molar-refractivity contribution is 5.84. The van der Waals surface area contributed by atoms with Crippen molar-refractivity contribution in [1.29, 1.82) is 0 Å². The van der Waals surface area contributed by atoms with Gasteiger partial charge < -0.3 is 30.7 Å². The Balaban J connectivity index is 1.15. The SMILES string of the molecule is Cc1ccc(Nc2cccc(OCCCCOc3cccc(Nc4ccc(C)c(C)c4)c3Nc3ccc(C)c(C)c3)c2Nc2ccc(C)c(C)c2)cc1C. The van der Waals surface area contributed by atoms with Gasteiger partial charge in [0.1, 0.15) is 22.9 Å². The number of para-hydroxylation sites is 2. The van der Waals surface area contributed by atoms with Crippen molar-refractivity contribution in [2.45, 2.75) is 68.2 Å². The smallest absolute Gasteiger partial charge is 0.144 e. The molecule has 0 unspecified atom stereocenters. The van der Waals surface area contributed by atoms with Gasteiger partial charge in [0.25, 0.3) is 0 Å². The van der Waals surface area contributed by atoms with E-state index in [1.165, 1.54) is 44.5 Å². The molecule has 0 aliphatic carbocycles. The Bertz CT molecular complexity index is 2080. The molecule has 4 N–H and O–H groups in total. The summed E-state index contributed by atoms with van der Waals surface area (Å²) in [6.45, 7) is 18.2. The highest BCUT2D eigenvalue weighted by atomic mass is 16.5. The number of benzene rings is 6. The summed E-state index contributed by atoms with van der Waals surface area (Å²) in [7, 11) is 0. The van der Waals surface area contributed by atoms with Crippen LogP contribution in [0.2, 0.25) is 0 Å². The van der Waals surface area contributed by atoms with Gasteiger partial charge in [0.05, 0.1) is 24.6 Å². The van der Waals surface area contributed by atoms with E-state index in [1.54, 1.807) is 0 Å². The molecule has 0 aliphatic heterocycles. The van der Waals surface area contributed by atoms with Gasteiger partial charge in [0.15, 0.2) is 0 Å². The zero-order valence-electron chi connectivity index (χ0n) is 33.0. The van der Waals surface area contributed by atoms with E-state index in [0.29, 0.717) is 13.2 Å². The molecule has 278 valence electrons. The molecular formula is C48H54N4O2. The van der Waals surface area contributed by atoms with Crippen molar-refractivity contribution in [3.63, 3.8) is 0 Å². The van der Waals surface area contributed by atoms with Crippen LogP contribution < -0.4 is 30.7 Å². The first-order valence-corrected chi connectivity index (χ1v) is 18.9. The van der Waals surface area contributed by atoms with Crippen LogP contribution in [-0.4, -0.2) is 13.2 Å². The molecule has 6 nitrogen and oxygen atoms in total. The van der Waals surface area contributed by atoms with Crippen LogP contribution in [0.5, 0.6) is 11.5 Å². The third kappa shape index (κ3) is 9.56. The minimum atomic E-state index is 0.556. The van der Waals surface area contributed by atoms with Gasteiger partial charge in [-0.15, -0.1) is 0 Å². The molecule has 0 heterocycles. The minimum absolute atomic E-state index is 0.556. The summed E-state index contributed by atoms with van der Waals surface area (Å²) < 4.78 is 13.0. The molecule has 0 aromatic heterocycles. The number of anilines is 8. The molecule has 6 heteroatoms. The van der Waals surface area contributed by atoms with E-state index in [9.17, 15) is 0 Å². The van der Waals surface area contributed by atoms with E-state index in [0.717, 1.165) is 69.8 Å². The number of hydrogen-bond acceptors (Lipinski definition) is 6. The predicted octanol–water partition coefficient (Wildman–Crippen LogP) is 13.4. The first kappa shape index (κ1) is 37.9. The maximum absolute atomic E-state index is 6.48. The standard InChI is InChI=1S/C48H54N4O2/c1-31-17-21-39(27-35(31)5)49-43-13-11-15-45(47(43)51-41-23-19-33(3)37(7)29-41)53-25-9-10-26-54-46-16-12-14-44(50-40-22-18-32(2)36(6)28-40)48(46)52-42-24-20-34(4)38(8)30-42/h11-24,27-30,49-52H,9-10,25-26H2,1-8H3. The Labute approximate surface area is 322 Å². The lowest BCUT2D eigenvalue weighted by molar-refractivity contribution is 0.268. The van der Waals surface area contributed by atoms with Crippen LogP contribution in [0.15, 0.2) is 109 Å². The highest BCUT2D eigenvalue weighted by Gasteiger charge is 2.14. The van der Waals surface area contributed by atoms with Crippen LogP contribution in [0.25, 0.3) is 0 Å². The molecule has 6 aromatic carbocycles. The van der Waals surface area contributed by atoms with Crippen LogP contribution in [0.1, 0.15) is 57.3 Å². The Morgan fingerprint density at radius 1 is 0.352 bits per heavy atom. The predicted molar refractivity (Wildman–Crippen MR) is 230 cm³/mol. The van der Waals surface area contributed by atoms with Gasteiger partial charge in [-0.3, -0.25) is 0 Å². The zero-order chi connectivity index (χ0) is 38.2. The zero-order valence-corrected chi connectivity index (χ0v) is 33.0. The molecule has 0 atom stereocenters. The van der Waals surface area contributed by atoms with Crippen molar-refractivity contribution < 1.29 is 9.47 Å². The topological polar surface area (TPSA) is 66.6 Å². The monoisotopic (exact) mass is 718 g/mol. The minimum Gasteiger partial charge on any atom is -0.491 e. The summed E-state index contributed by atoms with van der Waals surface area (Å²) in [4.78, 5) is 0.